The Kier molecular flexibility index (Phi) is 4.26. The normalized spacial score (nSPS) is 11.2. The van der Waals surface area contributed by atoms with E-state index in [1.807, 2.05) is 0 Å². The Hall–Kier alpha value is -2.37. The summed E-state index contributed by atoms with van der Waals surface area (Å²) in [6.45, 7) is 1.69. The summed E-state index contributed by atoms with van der Waals surface area (Å²) in [5.74, 6) is -0.774. The van der Waals surface area contributed by atoms with E-state index in [2.05, 4.69) is 4.98 Å². The average molecular weight is 295 g/mol. The van der Waals surface area contributed by atoms with Crippen molar-refractivity contribution >= 4 is 5.97 Å². The molecule has 1 aromatic carbocycles. The Labute approximate surface area is 119 Å². The van der Waals surface area contributed by atoms with Crippen LogP contribution in [0.5, 0.6) is 0 Å². The van der Waals surface area contributed by atoms with E-state index in [1.165, 1.54) is 36.7 Å². The van der Waals surface area contributed by atoms with Crippen LogP contribution in [-0.2, 0) is 10.9 Å². The lowest BCUT2D eigenvalue weighted by atomic mass is 9.98. The van der Waals surface area contributed by atoms with Gasteiger partial charge in [-0.05, 0) is 42.3 Å². The van der Waals surface area contributed by atoms with Crippen LogP contribution < -0.4 is 0 Å². The van der Waals surface area contributed by atoms with Gasteiger partial charge in [0.05, 0.1) is 17.7 Å². The fourth-order valence-electron chi connectivity index (χ4n) is 1.90. The van der Waals surface area contributed by atoms with Crippen molar-refractivity contribution in [2.45, 2.75) is 13.1 Å². The molecule has 0 unspecified atom stereocenters. The van der Waals surface area contributed by atoms with E-state index in [-0.39, 0.29) is 17.7 Å². The van der Waals surface area contributed by atoms with Crippen molar-refractivity contribution in [3.8, 4) is 11.1 Å². The highest BCUT2D eigenvalue weighted by molar-refractivity contribution is 5.90. The lowest BCUT2D eigenvalue weighted by Gasteiger charge is -2.14. The molecule has 1 aromatic heterocycles. The molecule has 0 N–H and O–H groups in total. The molecule has 2 rings (SSSR count). The third-order valence-corrected chi connectivity index (χ3v) is 2.83. The minimum atomic E-state index is -4.57. The van der Waals surface area contributed by atoms with Crippen molar-refractivity contribution in [2.75, 3.05) is 6.61 Å². The van der Waals surface area contributed by atoms with Gasteiger partial charge in [-0.2, -0.15) is 13.2 Å². The molecule has 21 heavy (non-hydrogen) atoms. The maximum Gasteiger partial charge on any atom is 0.417 e. The minimum absolute atomic E-state index is 0.00190. The number of halogens is 3. The Balaban J connectivity index is 2.55. The number of benzene rings is 1. The first-order chi connectivity index (χ1) is 9.93. The molecule has 0 saturated heterocycles. The van der Waals surface area contributed by atoms with E-state index in [4.69, 9.17) is 4.74 Å². The predicted molar refractivity (Wildman–Crippen MR) is 70.6 cm³/mol. The molecule has 110 valence electrons. The molecule has 0 spiro atoms. The van der Waals surface area contributed by atoms with Crippen molar-refractivity contribution in [2.24, 2.45) is 0 Å². The maximum atomic E-state index is 13.2. The number of nitrogens with zero attached hydrogens (tertiary/aromatic N) is 1. The molecule has 0 aliphatic rings. The first-order valence-electron chi connectivity index (χ1n) is 6.22. The van der Waals surface area contributed by atoms with Gasteiger partial charge in [0.1, 0.15) is 0 Å². The first-order valence-corrected chi connectivity index (χ1v) is 6.22. The summed E-state index contributed by atoms with van der Waals surface area (Å²) in [6.07, 6.45) is -1.75. The maximum absolute atomic E-state index is 13.2. The summed E-state index contributed by atoms with van der Waals surface area (Å²) in [6, 6.07) is 6.37. The molecule has 2 aromatic rings. The fraction of sp³-hybridized carbons (Fsp3) is 0.200. The second-order valence-corrected chi connectivity index (χ2v) is 4.21. The molecule has 0 amide bonds. The number of hydrogen-bond donors (Lipinski definition) is 0. The van der Waals surface area contributed by atoms with Gasteiger partial charge in [-0.1, -0.05) is 6.07 Å². The fourth-order valence-corrected chi connectivity index (χ4v) is 1.90. The number of carbonyl (C=O) groups excluding carboxylic acids is 1. The van der Waals surface area contributed by atoms with Crippen LogP contribution in [0.4, 0.5) is 13.2 Å². The number of hydrogen-bond acceptors (Lipinski definition) is 3. The van der Waals surface area contributed by atoms with E-state index < -0.39 is 17.7 Å². The highest BCUT2D eigenvalue weighted by Gasteiger charge is 2.34. The Morgan fingerprint density at radius 1 is 1.19 bits per heavy atom. The summed E-state index contributed by atoms with van der Waals surface area (Å²) in [4.78, 5) is 15.3. The highest BCUT2D eigenvalue weighted by atomic mass is 19.4. The molecule has 0 radical (unpaired) electrons. The SMILES string of the molecule is CCOC(=O)c1ccc(-c2ccncc2)c(C(F)(F)F)c1. The molecule has 0 aliphatic carbocycles. The number of esters is 1. The first kappa shape index (κ1) is 15.0. The number of aromatic nitrogens is 1. The van der Waals surface area contributed by atoms with Gasteiger partial charge in [0, 0.05) is 12.4 Å². The Morgan fingerprint density at radius 2 is 1.86 bits per heavy atom. The summed E-state index contributed by atoms with van der Waals surface area (Å²) >= 11 is 0. The molecule has 6 heteroatoms. The Bertz CT molecular complexity index is 639. The molecule has 0 bridgehead atoms. The van der Waals surface area contributed by atoms with Crippen LogP contribution in [-0.4, -0.2) is 17.6 Å². The van der Waals surface area contributed by atoms with Crippen molar-refractivity contribution in [3.05, 3.63) is 53.9 Å². The van der Waals surface area contributed by atoms with Gasteiger partial charge in [-0.25, -0.2) is 4.79 Å². The lowest BCUT2D eigenvalue weighted by molar-refractivity contribution is -0.137. The third-order valence-electron chi connectivity index (χ3n) is 2.83. The average Bonchev–Trinajstić information content (AvgIpc) is 2.47. The zero-order valence-corrected chi connectivity index (χ0v) is 11.1. The summed E-state index contributed by atoms with van der Waals surface area (Å²) in [7, 11) is 0. The molecular weight excluding hydrogens is 283 g/mol. The van der Waals surface area contributed by atoms with Crippen molar-refractivity contribution in [1.29, 1.82) is 0 Å². The van der Waals surface area contributed by atoms with Crippen molar-refractivity contribution < 1.29 is 22.7 Å². The van der Waals surface area contributed by atoms with Gasteiger partial charge in [0.15, 0.2) is 0 Å². The Morgan fingerprint density at radius 3 is 2.43 bits per heavy atom. The topological polar surface area (TPSA) is 39.2 Å². The van der Waals surface area contributed by atoms with E-state index in [9.17, 15) is 18.0 Å². The molecule has 1 heterocycles. The number of carbonyl (C=O) groups is 1. The number of alkyl halides is 3. The van der Waals surface area contributed by atoms with Gasteiger partial charge < -0.3 is 4.74 Å². The molecule has 3 nitrogen and oxygen atoms in total. The largest absolute Gasteiger partial charge is 0.462 e. The van der Waals surface area contributed by atoms with Crippen LogP contribution >= 0.6 is 0 Å². The van der Waals surface area contributed by atoms with E-state index >= 15 is 0 Å². The smallest absolute Gasteiger partial charge is 0.417 e. The molecule has 0 aliphatic heterocycles. The molecular formula is C15H12F3NO2. The van der Waals surface area contributed by atoms with Crippen LogP contribution in [0.1, 0.15) is 22.8 Å². The second-order valence-electron chi connectivity index (χ2n) is 4.21. The molecule has 0 saturated carbocycles. The van der Waals surface area contributed by atoms with E-state index in [1.54, 1.807) is 6.92 Å². The van der Waals surface area contributed by atoms with Crippen LogP contribution in [0.3, 0.4) is 0 Å². The van der Waals surface area contributed by atoms with Gasteiger partial charge in [0.2, 0.25) is 0 Å². The van der Waals surface area contributed by atoms with Crippen molar-refractivity contribution in [1.82, 2.24) is 4.98 Å². The number of ether oxygens (including phenoxy) is 1. The molecule has 0 atom stereocenters. The van der Waals surface area contributed by atoms with Gasteiger partial charge in [-0.3, -0.25) is 4.98 Å². The standard InChI is InChI=1S/C15H12F3NO2/c1-2-21-14(20)11-3-4-12(10-5-7-19-8-6-10)13(9-11)15(16,17)18/h3-9H,2H2,1H3. The number of pyridine rings is 1. The quantitative estimate of drug-likeness (QED) is 0.805. The monoisotopic (exact) mass is 295 g/mol. The summed E-state index contributed by atoms with van der Waals surface area (Å²) in [5, 5.41) is 0. The predicted octanol–water partition coefficient (Wildman–Crippen LogP) is 3.94. The zero-order valence-electron chi connectivity index (χ0n) is 11.1. The van der Waals surface area contributed by atoms with Crippen LogP contribution in [0.25, 0.3) is 11.1 Å². The van der Waals surface area contributed by atoms with Crippen LogP contribution in [0, 0.1) is 0 Å². The number of rotatable bonds is 3. The minimum Gasteiger partial charge on any atom is -0.462 e. The van der Waals surface area contributed by atoms with Crippen LogP contribution in [0.2, 0.25) is 0 Å². The lowest BCUT2D eigenvalue weighted by Crippen LogP contribution is -2.11. The third kappa shape index (κ3) is 3.39. The zero-order chi connectivity index (χ0) is 15.5. The summed E-state index contributed by atoms with van der Waals surface area (Å²) in [5.41, 5.74) is -0.619. The van der Waals surface area contributed by atoms with E-state index in [0.717, 1.165) is 6.07 Å². The molecule has 0 fully saturated rings. The van der Waals surface area contributed by atoms with Crippen LogP contribution in [0.15, 0.2) is 42.7 Å². The second kappa shape index (κ2) is 5.95. The summed E-state index contributed by atoms with van der Waals surface area (Å²) < 4.78 is 44.3. The van der Waals surface area contributed by atoms with E-state index in [0.29, 0.717) is 5.56 Å². The van der Waals surface area contributed by atoms with Gasteiger partial charge >= 0.3 is 12.1 Å². The van der Waals surface area contributed by atoms with Gasteiger partial charge in [0.25, 0.3) is 0 Å². The van der Waals surface area contributed by atoms with Crippen molar-refractivity contribution in [3.63, 3.8) is 0 Å². The highest BCUT2D eigenvalue weighted by Crippen LogP contribution is 2.37. The van der Waals surface area contributed by atoms with Gasteiger partial charge in [-0.15, -0.1) is 0 Å².